The highest BCUT2D eigenvalue weighted by molar-refractivity contribution is 4.55. The van der Waals surface area contributed by atoms with Crippen LogP contribution < -0.4 is 17.6 Å². The largest absolute Gasteiger partial charge is 0.344 e. The van der Waals surface area contributed by atoms with Crippen LogP contribution in [0.1, 0.15) is 12.8 Å². The van der Waals surface area contributed by atoms with E-state index in [0.29, 0.717) is 0 Å². The van der Waals surface area contributed by atoms with Gasteiger partial charge < -0.3 is 17.6 Å². The quantitative estimate of drug-likeness (QED) is 0.475. The molecule has 0 aliphatic carbocycles. The molecule has 0 amide bonds. The Morgan fingerprint density at radius 3 is 1.22 bits per heavy atom. The van der Waals surface area contributed by atoms with Crippen LogP contribution in [0.4, 0.5) is 9.41 Å². The molecule has 0 aromatic rings. The van der Waals surface area contributed by atoms with Gasteiger partial charge in [-0.2, -0.15) is 0 Å². The Bertz CT molecular complexity index is 25.4. The van der Waals surface area contributed by atoms with Crippen LogP contribution in [-0.2, 0) is 0 Å². The van der Waals surface area contributed by atoms with Crippen LogP contribution >= 0.6 is 0 Å². The van der Waals surface area contributed by atoms with Gasteiger partial charge in [-0.25, -0.2) is 0 Å². The van der Waals surface area contributed by atoms with Crippen LogP contribution in [-0.4, -0.2) is 13.1 Å². The van der Waals surface area contributed by atoms with Crippen molar-refractivity contribution < 1.29 is 9.41 Å². The fraction of sp³-hybridized carbons (Fsp3) is 1.00. The SMILES string of the molecule is C1CCNC1.F.F.N.N. The summed E-state index contributed by atoms with van der Waals surface area (Å²) >= 11 is 0. The third-order valence-electron chi connectivity index (χ3n) is 0.957. The zero-order valence-electron chi connectivity index (χ0n) is 5.56. The smallest absolute Gasteiger partial charge is 0.00484 e. The lowest BCUT2D eigenvalue weighted by Crippen LogP contribution is -2.03. The first-order valence-corrected chi connectivity index (χ1v) is 2.21. The normalized spacial score (nSPS) is 13.3. The van der Waals surface area contributed by atoms with Gasteiger partial charge in [-0.1, -0.05) is 0 Å². The molecule has 62 valence electrons. The molecule has 0 aromatic carbocycles. The van der Waals surface area contributed by atoms with Crippen molar-refractivity contribution in [2.24, 2.45) is 0 Å². The van der Waals surface area contributed by atoms with E-state index in [2.05, 4.69) is 5.32 Å². The van der Waals surface area contributed by atoms with E-state index in [9.17, 15) is 0 Å². The second kappa shape index (κ2) is 15.6. The van der Waals surface area contributed by atoms with Crippen molar-refractivity contribution in [3.8, 4) is 0 Å². The summed E-state index contributed by atoms with van der Waals surface area (Å²) in [5.74, 6) is 0. The van der Waals surface area contributed by atoms with Crippen molar-refractivity contribution in [2.45, 2.75) is 12.8 Å². The van der Waals surface area contributed by atoms with E-state index in [0.717, 1.165) is 0 Å². The monoisotopic (exact) mass is 145 g/mol. The molecule has 7 N–H and O–H groups in total. The second-order valence-corrected chi connectivity index (χ2v) is 1.46. The number of nitrogens with one attached hydrogen (secondary N) is 1. The molecule has 0 spiro atoms. The molecule has 1 heterocycles. The molecular formula is C4H17F2N3. The molecule has 0 radical (unpaired) electrons. The van der Waals surface area contributed by atoms with Gasteiger partial charge in [-0.3, -0.25) is 9.41 Å². The van der Waals surface area contributed by atoms with E-state index in [4.69, 9.17) is 0 Å². The zero-order valence-corrected chi connectivity index (χ0v) is 5.56. The molecule has 9 heavy (non-hydrogen) atoms. The molecule has 0 bridgehead atoms. The summed E-state index contributed by atoms with van der Waals surface area (Å²) in [7, 11) is 0. The van der Waals surface area contributed by atoms with Crippen LogP contribution in [0.2, 0.25) is 0 Å². The van der Waals surface area contributed by atoms with Gasteiger partial charge in [-0.15, -0.1) is 0 Å². The lowest BCUT2D eigenvalue weighted by Gasteiger charge is -1.76. The van der Waals surface area contributed by atoms with E-state index in [-0.39, 0.29) is 21.7 Å². The first kappa shape index (κ1) is 23.3. The van der Waals surface area contributed by atoms with E-state index in [1.165, 1.54) is 25.9 Å². The first-order chi connectivity index (χ1) is 2.50. The molecule has 1 aliphatic rings. The van der Waals surface area contributed by atoms with Gasteiger partial charge in [0, 0.05) is 0 Å². The Morgan fingerprint density at radius 2 is 1.11 bits per heavy atom. The topological polar surface area (TPSA) is 82.0 Å². The van der Waals surface area contributed by atoms with Gasteiger partial charge in [0.1, 0.15) is 0 Å². The molecule has 3 nitrogen and oxygen atoms in total. The Balaban J connectivity index is -0.0000000312. The molecule has 5 heteroatoms. The lowest BCUT2D eigenvalue weighted by atomic mass is 10.4. The highest BCUT2D eigenvalue weighted by Crippen LogP contribution is 1.90. The van der Waals surface area contributed by atoms with Gasteiger partial charge >= 0.3 is 0 Å². The standard InChI is InChI=1S/C4H9N.2FH.2H3N/c1-2-4-5-3-1;;;;/h5H,1-4H2;2*1H;2*1H3. The average Bonchev–Trinajstić information content (AvgIpc) is 1.76. The van der Waals surface area contributed by atoms with Gasteiger partial charge in [0.05, 0.1) is 0 Å². The van der Waals surface area contributed by atoms with Crippen molar-refractivity contribution in [2.75, 3.05) is 13.1 Å². The summed E-state index contributed by atoms with van der Waals surface area (Å²) in [6.07, 6.45) is 2.78. The highest BCUT2D eigenvalue weighted by Gasteiger charge is 1.93. The third-order valence-corrected chi connectivity index (χ3v) is 0.957. The van der Waals surface area contributed by atoms with Crippen molar-refractivity contribution in [3.05, 3.63) is 0 Å². The Hall–Kier alpha value is -0.260. The fourth-order valence-corrected chi connectivity index (χ4v) is 0.625. The highest BCUT2D eigenvalue weighted by atomic mass is 19.0. The third kappa shape index (κ3) is 11.4. The van der Waals surface area contributed by atoms with Crippen LogP contribution in [0.3, 0.4) is 0 Å². The minimum atomic E-state index is 0. The van der Waals surface area contributed by atoms with E-state index in [1.807, 2.05) is 0 Å². The molecule has 0 unspecified atom stereocenters. The predicted octanol–water partition coefficient (Wildman–Crippen LogP) is 0.999. The van der Waals surface area contributed by atoms with Gasteiger partial charge in [0.2, 0.25) is 0 Å². The Morgan fingerprint density at radius 1 is 0.778 bits per heavy atom. The Labute approximate surface area is 54.1 Å². The van der Waals surface area contributed by atoms with E-state index in [1.54, 1.807) is 0 Å². The van der Waals surface area contributed by atoms with Crippen molar-refractivity contribution in [3.63, 3.8) is 0 Å². The summed E-state index contributed by atoms with van der Waals surface area (Å²) in [6, 6.07) is 0. The number of rotatable bonds is 0. The van der Waals surface area contributed by atoms with Crippen LogP contribution in [0.15, 0.2) is 0 Å². The number of hydrogen-bond donors (Lipinski definition) is 3. The van der Waals surface area contributed by atoms with Crippen molar-refractivity contribution in [1.82, 2.24) is 17.6 Å². The molecule has 1 fully saturated rings. The summed E-state index contributed by atoms with van der Waals surface area (Å²) < 4.78 is 0. The number of hydrogen-bond acceptors (Lipinski definition) is 3. The first-order valence-electron chi connectivity index (χ1n) is 2.21. The summed E-state index contributed by atoms with van der Waals surface area (Å²) in [5.41, 5.74) is 0. The average molecular weight is 145 g/mol. The van der Waals surface area contributed by atoms with Crippen LogP contribution in [0.5, 0.6) is 0 Å². The molecular weight excluding hydrogens is 128 g/mol. The minimum Gasteiger partial charge on any atom is -0.344 e. The maximum atomic E-state index is 3.22. The minimum absolute atomic E-state index is 0. The van der Waals surface area contributed by atoms with E-state index >= 15 is 0 Å². The fourth-order valence-electron chi connectivity index (χ4n) is 0.625. The zero-order chi connectivity index (χ0) is 3.54. The van der Waals surface area contributed by atoms with Crippen LogP contribution in [0, 0.1) is 0 Å². The second-order valence-electron chi connectivity index (χ2n) is 1.46. The maximum absolute atomic E-state index is 3.22. The number of halogens is 2. The van der Waals surface area contributed by atoms with Crippen molar-refractivity contribution in [1.29, 1.82) is 0 Å². The van der Waals surface area contributed by atoms with Gasteiger partial charge in [0.25, 0.3) is 0 Å². The summed E-state index contributed by atoms with van der Waals surface area (Å²) in [4.78, 5) is 0. The van der Waals surface area contributed by atoms with E-state index < -0.39 is 0 Å². The van der Waals surface area contributed by atoms with Gasteiger partial charge in [0.15, 0.2) is 0 Å². The molecule has 1 rings (SSSR count). The maximum Gasteiger partial charge on any atom is -0.00484 e. The molecule has 1 aliphatic heterocycles. The van der Waals surface area contributed by atoms with Gasteiger partial charge in [-0.05, 0) is 25.9 Å². The molecule has 0 saturated carbocycles. The van der Waals surface area contributed by atoms with Crippen molar-refractivity contribution >= 4 is 0 Å². The Kier molecular flexibility index (Phi) is 40.5. The molecule has 1 saturated heterocycles. The summed E-state index contributed by atoms with van der Waals surface area (Å²) in [6.45, 7) is 2.50. The molecule has 0 atom stereocenters. The molecule has 0 aromatic heterocycles. The predicted molar refractivity (Wildman–Crippen MR) is 37.2 cm³/mol. The lowest BCUT2D eigenvalue weighted by molar-refractivity contribution is 0.857. The summed E-state index contributed by atoms with van der Waals surface area (Å²) in [5, 5.41) is 3.22. The van der Waals surface area contributed by atoms with Crippen LogP contribution in [0.25, 0.3) is 0 Å².